The van der Waals surface area contributed by atoms with Crippen molar-refractivity contribution in [2.45, 2.75) is 6.92 Å². The Morgan fingerprint density at radius 3 is 2.56 bits per heavy atom. The van der Waals surface area contributed by atoms with Crippen molar-refractivity contribution in [2.24, 2.45) is 7.05 Å². The number of hydrogen-bond acceptors (Lipinski definition) is 3. The monoisotopic (exact) mass is 373 g/mol. The van der Waals surface area contributed by atoms with Gasteiger partial charge < -0.3 is 10.6 Å². The highest BCUT2D eigenvalue weighted by Crippen LogP contribution is 2.18. The van der Waals surface area contributed by atoms with Gasteiger partial charge in [-0.1, -0.05) is 29.8 Å². The predicted octanol–water partition coefficient (Wildman–Crippen LogP) is 3.34. The molecule has 128 valence electrons. The van der Waals surface area contributed by atoms with Crippen LogP contribution in [0.5, 0.6) is 0 Å². The number of benzene rings is 1. The maximum absolute atomic E-state index is 12.8. The quantitative estimate of drug-likeness (QED) is 0.544. The van der Waals surface area contributed by atoms with Crippen LogP contribution in [0.1, 0.15) is 5.69 Å². The summed E-state index contributed by atoms with van der Waals surface area (Å²) in [6.07, 6.45) is 1.59. The van der Waals surface area contributed by atoms with Gasteiger partial charge in [0.2, 0.25) is 0 Å². The molecule has 2 N–H and O–H groups in total. The molecule has 0 unspecified atom stereocenters. The van der Waals surface area contributed by atoms with Crippen LogP contribution in [-0.4, -0.2) is 19.5 Å². The van der Waals surface area contributed by atoms with E-state index in [4.69, 9.17) is 23.8 Å². The van der Waals surface area contributed by atoms with Crippen LogP contribution in [0.15, 0.2) is 53.5 Å². The van der Waals surface area contributed by atoms with Crippen LogP contribution in [0.4, 0.5) is 11.4 Å². The van der Waals surface area contributed by atoms with E-state index < -0.39 is 0 Å². The molecule has 25 heavy (non-hydrogen) atoms. The van der Waals surface area contributed by atoms with Crippen molar-refractivity contribution in [3.8, 4) is 5.69 Å². The van der Waals surface area contributed by atoms with Crippen LogP contribution in [0, 0.1) is 6.92 Å². The first-order chi connectivity index (χ1) is 12.0. The molecule has 0 bridgehead atoms. The van der Waals surface area contributed by atoms with Crippen LogP contribution < -0.4 is 16.2 Å². The largest absolute Gasteiger partial charge is 0.330 e. The summed E-state index contributed by atoms with van der Waals surface area (Å²) >= 11 is 11.3. The summed E-state index contributed by atoms with van der Waals surface area (Å²) in [6.45, 7) is 1.85. The number of rotatable bonds is 3. The van der Waals surface area contributed by atoms with E-state index in [1.165, 1.54) is 0 Å². The Morgan fingerprint density at radius 1 is 1.16 bits per heavy atom. The molecule has 1 aromatic carbocycles. The van der Waals surface area contributed by atoms with E-state index in [-0.39, 0.29) is 10.7 Å². The first-order valence-corrected chi connectivity index (χ1v) is 8.30. The Hall–Kier alpha value is -2.64. The van der Waals surface area contributed by atoms with Crippen LogP contribution in [-0.2, 0) is 7.05 Å². The van der Waals surface area contributed by atoms with Crippen molar-refractivity contribution >= 4 is 40.3 Å². The van der Waals surface area contributed by atoms with Gasteiger partial charge in [-0.3, -0.25) is 9.48 Å². The lowest BCUT2D eigenvalue weighted by atomic mass is 10.3. The van der Waals surface area contributed by atoms with Gasteiger partial charge in [0.25, 0.3) is 5.56 Å². The molecular formula is C17H16ClN5OS. The molecule has 0 spiro atoms. The standard InChI is InChI=1S/C17H16ClN5OS/c1-11-14(21-17(25)20-13-9-6-10-19-15(13)18)16(24)23(22(11)2)12-7-4-3-5-8-12/h3-10H,1-2H3,(H2,20,21,25). The van der Waals surface area contributed by atoms with E-state index in [9.17, 15) is 4.79 Å². The molecule has 0 amide bonds. The van der Waals surface area contributed by atoms with Crippen molar-refractivity contribution < 1.29 is 0 Å². The minimum atomic E-state index is -0.187. The summed E-state index contributed by atoms with van der Waals surface area (Å²) in [5, 5.41) is 6.48. The van der Waals surface area contributed by atoms with Gasteiger partial charge in [-0.15, -0.1) is 0 Å². The number of hydrogen-bond donors (Lipinski definition) is 2. The third-order valence-corrected chi connectivity index (χ3v) is 4.31. The fraction of sp³-hybridized carbons (Fsp3) is 0.118. The molecule has 3 aromatic rings. The zero-order chi connectivity index (χ0) is 18.0. The highest BCUT2D eigenvalue weighted by molar-refractivity contribution is 7.80. The second-order valence-electron chi connectivity index (χ2n) is 5.36. The average molecular weight is 374 g/mol. The Balaban J connectivity index is 1.90. The van der Waals surface area contributed by atoms with Crippen molar-refractivity contribution in [1.29, 1.82) is 0 Å². The number of halogens is 1. The number of nitrogens with zero attached hydrogens (tertiary/aromatic N) is 3. The van der Waals surface area contributed by atoms with Crippen molar-refractivity contribution in [1.82, 2.24) is 14.3 Å². The van der Waals surface area contributed by atoms with E-state index in [0.717, 1.165) is 11.4 Å². The summed E-state index contributed by atoms with van der Waals surface area (Å²) in [6, 6.07) is 12.9. The smallest absolute Gasteiger partial charge is 0.295 e. The topological polar surface area (TPSA) is 63.9 Å². The van der Waals surface area contributed by atoms with Crippen LogP contribution in [0.25, 0.3) is 5.69 Å². The third kappa shape index (κ3) is 3.42. The number of nitrogens with one attached hydrogen (secondary N) is 2. The maximum atomic E-state index is 12.8. The normalized spacial score (nSPS) is 10.5. The molecule has 2 heterocycles. The van der Waals surface area contributed by atoms with E-state index in [1.54, 1.807) is 27.7 Å². The predicted molar refractivity (Wildman–Crippen MR) is 105 cm³/mol. The van der Waals surface area contributed by atoms with Crippen molar-refractivity contribution in [2.75, 3.05) is 10.6 Å². The number of anilines is 2. The van der Waals surface area contributed by atoms with Gasteiger partial charge in [-0.05, 0) is 43.4 Å². The molecule has 3 rings (SSSR count). The van der Waals surface area contributed by atoms with Gasteiger partial charge in [-0.25, -0.2) is 9.67 Å². The molecule has 0 saturated heterocycles. The number of thiocarbonyl (C=S) groups is 1. The lowest BCUT2D eigenvalue weighted by Crippen LogP contribution is -2.25. The fourth-order valence-electron chi connectivity index (χ4n) is 2.46. The van der Waals surface area contributed by atoms with E-state index in [2.05, 4.69) is 15.6 Å². The summed E-state index contributed by atoms with van der Waals surface area (Å²) in [4.78, 5) is 16.8. The Morgan fingerprint density at radius 2 is 1.88 bits per heavy atom. The third-order valence-electron chi connectivity index (χ3n) is 3.80. The zero-order valence-electron chi connectivity index (χ0n) is 13.7. The van der Waals surface area contributed by atoms with Crippen molar-refractivity contribution in [3.63, 3.8) is 0 Å². The molecule has 0 aliphatic rings. The SMILES string of the molecule is Cc1c(NC(=S)Nc2cccnc2Cl)c(=O)n(-c2ccccc2)n1C. The zero-order valence-corrected chi connectivity index (χ0v) is 15.2. The number of para-hydroxylation sites is 1. The van der Waals surface area contributed by atoms with Crippen LogP contribution >= 0.6 is 23.8 Å². The number of pyridine rings is 1. The maximum Gasteiger partial charge on any atom is 0.295 e. The number of aromatic nitrogens is 3. The molecule has 0 fully saturated rings. The van der Waals surface area contributed by atoms with Gasteiger partial charge in [-0.2, -0.15) is 0 Å². The van der Waals surface area contributed by atoms with E-state index in [1.807, 2.05) is 44.3 Å². The van der Waals surface area contributed by atoms with Gasteiger partial charge in [0.05, 0.1) is 17.1 Å². The average Bonchev–Trinajstić information content (AvgIpc) is 2.81. The summed E-state index contributed by atoms with van der Waals surface area (Å²) in [5.41, 5.74) is 2.32. The lowest BCUT2D eigenvalue weighted by Gasteiger charge is -2.10. The minimum absolute atomic E-state index is 0.187. The second kappa shape index (κ2) is 7.08. The molecule has 0 aliphatic carbocycles. The Labute approximate surface area is 155 Å². The molecule has 0 atom stereocenters. The summed E-state index contributed by atoms with van der Waals surface area (Å²) < 4.78 is 3.36. The van der Waals surface area contributed by atoms with Crippen LogP contribution in [0.2, 0.25) is 5.15 Å². The molecule has 8 heteroatoms. The van der Waals surface area contributed by atoms with Gasteiger partial charge >= 0.3 is 0 Å². The van der Waals surface area contributed by atoms with Gasteiger partial charge in [0, 0.05) is 13.2 Å². The minimum Gasteiger partial charge on any atom is -0.330 e. The van der Waals surface area contributed by atoms with Gasteiger partial charge in [0.15, 0.2) is 10.3 Å². The molecule has 2 aromatic heterocycles. The molecule has 6 nitrogen and oxygen atoms in total. The summed E-state index contributed by atoms with van der Waals surface area (Å²) in [7, 11) is 1.82. The van der Waals surface area contributed by atoms with Gasteiger partial charge in [0.1, 0.15) is 5.69 Å². The van der Waals surface area contributed by atoms with Crippen molar-refractivity contribution in [3.05, 3.63) is 69.9 Å². The Bertz CT molecular complexity index is 980. The highest BCUT2D eigenvalue weighted by Gasteiger charge is 2.17. The first kappa shape index (κ1) is 17.2. The Kier molecular flexibility index (Phi) is 4.87. The van der Waals surface area contributed by atoms with E-state index in [0.29, 0.717) is 16.5 Å². The van der Waals surface area contributed by atoms with Crippen LogP contribution in [0.3, 0.4) is 0 Å². The summed E-state index contributed by atoms with van der Waals surface area (Å²) in [5.74, 6) is 0. The molecular weight excluding hydrogens is 358 g/mol. The highest BCUT2D eigenvalue weighted by atomic mass is 35.5. The first-order valence-electron chi connectivity index (χ1n) is 7.51. The van der Waals surface area contributed by atoms with E-state index >= 15 is 0 Å². The molecule has 0 aliphatic heterocycles. The fourth-order valence-corrected chi connectivity index (χ4v) is 2.84. The lowest BCUT2D eigenvalue weighted by molar-refractivity contribution is 0.630. The molecule has 0 radical (unpaired) electrons. The molecule has 0 saturated carbocycles. The second-order valence-corrected chi connectivity index (χ2v) is 6.12.